The van der Waals surface area contributed by atoms with E-state index < -0.39 is 0 Å². The maximum atomic E-state index is 13.1. The first kappa shape index (κ1) is 19.1. The van der Waals surface area contributed by atoms with Gasteiger partial charge >= 0.3 is 0 Å². The highest BCUT2D eigenvalue weighted by Gasteiger charge is 2.48. The van der Waals surface area contributed by atoms with Gasteiger partial charge in [-0.3, -0.25) is 14.5 Å². The number of hydrogen-bond acceptors (Lipinski definition) is 4. The van der Waals surface area contributed by atoms with Crippen LogP contribution in [-0.4, -0.2) is 66.0 Å². The van der Waals surface area contributed by atoms with Crippen LogP contribution in [0.1, 0.15) is 55.3 Å². The summed E-state index contributed by atoms with van der Waals surface area (Å²) in [6.45, 7) is 4.68. The minimum atomic E-state index is 0.0957. The molecule has 5 rings (SSSR count). The number of ether oxygens (including phenoxy) is 1. The molecule has 0 aromatic heterocycles. The van der Waals surface area contributed by atoms with Crippen molar-refractivity contribution in [3.63, 3.8) is 0 Å². The number of anilines is 1. The largest absolute Gasteiger partial charge is 0.377 e. The molecule has 4 fully saturated rings. The van der Waals surface area contributed by atoms with Crippen molar-refractivity contribution in [2.45, 2.75) is 56.6 Å². The molecule has 1 saturated carbocycles. The molecule has 1 N–H and O–H groups in total. The summed E-state index contributed by atoms with van der Waals surface area (Å²) in [5.41, 5.74) is 1.63. The minimum absolute atomic E-state index is 0.0957. The third-order valence-corrected chi connectivity index (χ3v) is 7.16. The van der Waals surface area contributed by atoms with Crippen LogP contribution in [0.15, 0.2) is 24.3 Å². The molecule has 3 saturated heterocycles. The Hall–Kier alpha value is -1.92. The van der Waals surface area contributed by atoms with E-state index in [1.54, 1.807) is 0 Å². The van der Waals surface area contributed by atoms with Gasteiger partial charge in [0, 0.05) is 55.5 Å². The van der Waals surface area contributed by atoms with E-state index in [2.05, 4.69) is 10.2 Å². The van der Waals surface area contributed by atoms with Crippen molar-refractivity contribution in [2.75, 3.05) is 38.1 Å². The number of carbonyl (C=O) groups excluding carboxylic acids is 2. The molecule has 0 bridgehead atoms. The van der Waals surface area contributed by atoms with Crippen LogP contribution in [0.5, 0.6) is 0 Å². The second-order valence-electron chi connectivity index (χ2n) is 9.23. The van der Waals surface area contributed by atoms with Gasteiger partial charge in [0.2, 0.25) is 5.91 Å². The summed E-state index contributed by atoms with van der Waals surface area (Å²) in [4.78, 5) is 29.6. The molecular weight excluding hydrogens is 366 g/mol. The van der Waals surface area contributed by atoms with E-state index in [1.807, 2.05) is 29.2 Å². The van der Waals surface area contributed by atoms with E-state index >= 15 is 0 Å². The number of piperidine rings is 1. The van der Waals surface area contributed by atoms with Gasteiger partial charge in [0.1, 0.15) is 0 Å². The Morgan fingerprint density at radius 3 is 2.55 bits per heavy atom. The van der Waals surface area contributed by atoms with Crippen molar-refractivity contribution >= 4 is 17.5 Å². The Morgan fingerprint density at radius 2 is 1.90 bits per heavy atom. The second-order valence-corrected chi connectivity index (χ2v) is 9.23. The summed E-state index contributed by atoms with van der Waals surface area (Å²) < 4.78 is 5.84. The standard InChI is InChI=1S/C23H31N3O3/c27-21(17-4-5-17)24-19-8-6-18(7-9-19)22(28)25-12-2-10-23(16-25)11-13-26(23)15-20-3-1-14-29-20/h6-9,17,20H,1-5,10-16H2,(H,24,27)/t20-,23-/m1/s1. The Kier molecular flexibility index (Phi) is 5.08. The van der Waals surface area contributed by atoms with E-state index in [9.17, 15) is 9.59 Å². The maximum Gasteiger partial charge on any atom is 0.253 e. The normalized spacial score (nSPS) is 29.7. The van der Waals surface area contributed by atoms with Gasteiger partial charge in [-0.05, 0) is 69.2 Å². The summed E-state index contributed by atoms with van der Waals surface area (Å²) in [5, 5.41) is 2.94. The molecule has 0 unspecified atom stereocenters. The molecule has 6 heteroatoms. The summed E-state index contributed by atoms with van der Waals surface area (Å²) in [6, 6.07) is 7.38. The van der Waals surface area contributed by atoms with Crippen molar-refractivity contribution in [2.24, 2.45) is 5.92 Å². The highest BCUT2D eigenvalue weighted by molar-refractivity contribution is 5.96. The lowest BCUT2D eigenvalue weighted by Crippen LogP contribution is -2.68. The van der Waals surface area contributed by atoms with Gasteiger partial charge in [0.05, 0.1) is 6.10 Å². The molecule has 1 aliphatic carbocycles. The third-order valence-electron chi connectivity index (χ3n) is 7.16. The smallest absolute Gasteiger partial charge is 0.253 e. The fourth-order valence-electron chi connectivity index (χ4n) is 5.12. The summed E-state index contributed by atoms with van der Waals surface area (Å²) in [7, 11) is 0. The number of rotatable bonds is 5. The number of nitrogens with zero attached hydrogens (tertiary/aromatic N) is 2. The SMILES string of the molecule is O=C(Nc1ccc(C(=O)N2CCC[C@@]3(CCN3C[C@H]3CCCO3)C2)cc1)C1CC1. The maximum absolute atomic E-state index is 13.1. The van der Waals surface area contributed by atoms with Crippen LogP contribution < -0.4 is 5.32 Å². The zero-order valence-electron chi connectivity index (χ0n) is 17.1. The van der Waals surface area contributed by atoms with Gasteiger partial charge in [-0.25, -0.2) is 0 Å². The van der Waals surface area contributed by atoms with Crippen LogP contribution in [0.3, 0.4) is 0 Å². The quantitative estimate of drug-likeness (QED) is 0.830. The van der Waals surface area contributed by atoms with E-state index in [0.717, 1.165) is 57.7 Å². The molecule has 3 aliphatic heterocycles. The van der Waals surface area contributed by atoms with Crippen molar-refractivity contribution in [1.29, 1.82) is 0 Å². The van der Waals surface area contributed by atoms with Crippen LogP contribution in [0.25, 0.3) is 0 Å². The molecule has 1 aromatic rings. The van der Waals surface area contributed by atoms with E-state index in [0.29, 0.717) is 11.7 Å². The minimum Gasteiger partial charge on any atom is -0.377 e. The van der Waals surface area contributed by atoms with Gasteiger partial charge in [-0.15, -0.1) is 0 Å². The van der Waals surface area contributed by atoms with Crippen LogP contribution >= 0.6 is 0 Å². The number of benzene rings is 1. The zero-order chi connectivity index (χ0) is 19.8. The first-order chi connectivity index (χ1) is 14.1. The molecule has 2 atom stereocenters. The monoisotopic (exact) mass is 397 g/mol. The third kappa shape index (κ3) is 3.92. The van der Waals surface area contributed by atoms with Crippen molar-refractivity contribution in [3.05, 3.63) is 29.8 Å². The van der Waals surface area contributed by atoms with Gasteiger partial charge in [0.15, 0.2) is 0 Å². The lowest BCUT2D eigenvalue weighted by atomic mass is 9.77. The summed E-state index contributed by atoms with van der Waals surface area (Å²) >= 11 is 0. The summed E-state index contributed by atoms with van der Waals surface area (Å²) in [6.07, 6.45) is 8.10. The molecule has 1 spiro atoms. The van der Waals surface area contributed by atoms with Gasteiger partial charge in [0.25, 0.3) is 5.91 Å². The summed E-state index contributed by atoms with van der Waals surface area (Å²) in [5.74, 6) is 0.382. The average molecular weight is 398 g/mol. The molecule has 4 aliphatic rings. The lowest BCUT2D eigenvalue weighted by Gasteiger charge is -2.57. The highest BCUT2D eigenvalue weighted by Crippen LogP contribution is 2.39. The zero-order valence-corrected chi connectivity index (χ0v) is 17.1. The van der Waals surface area contributed by atoms with Crippen molar-refractivity contribution in [1.82, 2.24) is 9.80 Å². The topological polar surface area (TPSA) is 61.9 Å². The Morgan fingerprint density at radius 1 is 1.07 bits per heavy atom. The Balaban J connectivity index is 1.21. The lowest BCUT2D eigenvalue weighted by molar-refractivity contribution is -0.117. The van der Waals surface area contributed by atoms with Crippen LogP contribution in [-0.2, 0) is 9.53 Å². The first-order valence-electron chi connectivity index (χ1n) is 11.2. The first-order valence-corrected chi connectivity index (χ1v) is 11.2. The number of nitrogens with one attached hydrogen (secondary N) is 1. The number of carbonyl (C=O) groups is 2. The predicted molar refractivity (Wildman–Crippen MR) is 111 cm³/mol. The van der Waals surface area contributed by atoms with Crippen molar-refractivity contribution in [3.8, 4) is 0 Å². The van der Waals surface area contributed by atoms with E-state index in [1.165, 1.54) is 25.7 Å². The molecule has 1 aromatic carbocycles. The Bertz CT molecular complexity index is 770. The average Bonchev–Trinajstić information content (AvgIpc) is 3.48. The fraction of sp³-hybridized carbons (Fsp3) is 0.652. The second kappa shape index (κ2) is 7.73. The molecular formula is C23H31N3O3. The number of hydrogen-bond donors (Lipinski definition) is 1. The van der Waals surface area contributed by atoms with E-state index in [4.69, 9.17) is 4.74 Å². The molecule has 156 valence electrons. The molecule has 3 heterocycles. The number of amides is 2. The van der Waals surface area contributed by atoms with Gasteiger partial charge in [-0.2, -0.15) is 0 Å². The van der Waals surface area contributed by atoms with Crippen molar-refractivity contribution < 1.29 is 14.3 Å². The van der Waals surface area contributed by atoms with Crippen LogP contribution in [0.4, 0.5) is 5.69 Å². The number of likely N-dealkylation sites (tertiary alicyclic amines) is 2. The molecule has 6 nitrogen and oxygen atoms in total. The van der Waals surface area contributed by atoms with Crippen LogP contribution in [0, 0.1) is 5.92 Å². The fourth-order valence-corrected chi connectivity index (χ4v) is 5.12. The van der Waals surface area contributed by atoms with E-state index in [-0.39, 0.29) is 23.3 Å². The van der Waals surface area contributed by atoms with Crippen LogP contribution in [0.2, 0.25) is 0 Å². The Labute approximate surface area is 172 Å². The highest BCUT2D eigenvalue weighted by atomic mass is 16.5. The van der Waals surface area contributed by atoms with Gasteiger partial charge < -0.3 is 15.0 Å². The molecule has 2 amide bonds. The van der Waals surface area contributed by atoms with Gasteiger partial charge in [-0.1, -0.05) is 0 Å². The predicted octanol–water partition coefficient (Wildman–Crippen LogP) is 2.89. The molecule has 29 heavy (non-hydrogen) atoms. The molecule has 0 radical (unpaired) electrons.